The minimum Gasteiger partial charge on any atom is -0.454 e. The van der Waals surface area contributed by atoms with E-state index < -0.39 is 0 Å². The van der Waals surface area contributed by atoms with E-state index in [1.807, 2.05) is 0 Å². The summed E-state index contributed by atoms with van der Waals surface area (Å²) in [4.78, 5) is 2.30. The van der Waals surface area contributed by atoms with E-state index in [4.69, 9.17) is 4.42 Å². The van der Waals surface area contributed by atoms with Crippen LogP contribution in [0, 0.1) is 0 Å². The smallest absolute Gasteiger partial charge is 0.160 e. The number of aromatic nitrogens is 1. The lowest BCUT2D eigenvalue weighted by molar-refractivity contribution is 0.669. The van der Waals surface area contributed by atoms with Gasteiger partial charge in [-0.15, -0.1) is 0 Å². The molecule has 0 fully saturated rings. The summed E-state index contributed by atoms with van der Waals surface area (Å²) in [6.07, 6.45) is 0. The van der Waals surface area contributed by atoms with Crippen LogP contribution in [-0.2, 0) is 0 Å². The minimum atomic E-state index is 0.864. The Morgan fingerprint density at radius 1 is 0.449 bits per heavy atom. The Kier molecular flexibility index (Phi) is 6.18. The van der Waals surface area contributed by atoms with Gasteiger partial charge in [-0.1, -0.05) is 115 Å². The molecule has 0 aliphatic rings. The highest BCUT2D eigenvalue weighted by molar-refractivity contribution is 6.25. The molecule has 0 aliphatic heterocycles. The van der Waals surface area contributed by atoms with E-state index in [0.29, 0.717) is 0 Å². The molecule has 230 valence electrons. The summed E-state index contributed by atoms with van der Waals surface area (Å²) in [6, 6.07) is 64.7. The zero-order valence-electron chi connectivity index (χ0n) is 26.6. The summed E-state index contributed by atoms with van der Waals surface area (Å²) in [6.45, 7) is 0. The van der Waals surface area contributed by atoms with Gasteiger partial charge in [0.25, 0.3) is 0 Å². The van der Waals surface area contributed by atoms with Crippen molar-refractivity contribution < 1.29 is 4.42 Å². The fraction of sp³-hybridized carbons (Fsp3) is 0. The summed E-state index contributed by atoms with van der Waals surface area (Å²) in [5.74, 6) is 0. The van der Waals surface area contributed by atoms with Crippen molar-refractivity contribution >= 4 is 71.6 Å². The van der Waals surface area contributed by atoms with Gasteiger partial charge in [0.15, 0.2) is 5.58 Å². The highest BCUT2D eigenvalue weighted by Gasteiger charge is 2.23. The summed E-state index contributed by atoms with van der Waals surface area (Å²) >= 11 is 0. The summed E-state index contributed by atoms with van der Waals surface area (Å²) < 4.78 is 9.32. The van der Waals surface area contributed by atoms with Crippen molar-refractivity contribution in [3.63, 3.8) is 0 Å². The number of fused-ring (bicyclic) bond motifs is 8. The lowest BCUT2D eigenvalue weighted by atomic mass is 9.95. The van der Waals surface area contributed by atoms with Gasteiger partial charge in [0.05, 0.1) is 16.7 Å². The van der Waals surface area contributed by atoms with Crippen LogP contribution in [0.2, 0.25) is 0 Å². The van der Waals surface area contributed by atoms with Crippen molar-refractivity contribution in [3.8, 4) is 16.8 Å². The molecular formula is C46H30N2O. The molecule has 0 amide bonds. The van der Waals surface area contributed by atoms with Crippen LogP contribution >= 0.6 is 0 Å². The predicted molar refractivity (Wildman–Crippen MR) is 206 cm³/mol. The quantitative estimate of drug-likeness (QED) is 0.190. The van der Waals surface area contributed by atoms with Crippen molar-refractivity contribution in [2.75, 3.05) is 4.90 Å². The number of anilines is 3. The molecule has 8 aromatic carbocycles. The van der Waals surface area contributed by atoms with E-state index in [0.717, 1.165) is 55.8 Å². The third-order valence-corrected chi connectivity index (χ3v) is 9.76. The average molecular weight is 627 g/mol. The van der Waals surface area contributed by atoms with Crippen LogP contribution in [0.3, 0.4) is 0 Å². The Balaban J connectivity index is 1.30. The molecule has 0 aliphatic carbocycles. The second kappa shape index (κ2) is 11.0. The minimum absolute atomic E-state index is 0.864. The van der Waals surface area contributed by atoms with Crippen LogP contribution in [0.15, 0.2) is 186 Å². The zero-order valence-corrected chi connectivity index (χ0v) is 26.6. The van der Waals surface area contributed by atoms with Gasteiger partial charge in [-0.3, -0.25) is 0 Å². The molecule has 0 spiro atoms. The van der Waals surface area contributed by atoms with E-state index in [9.17, 15) is 0 Å². The highest BCUT2D eigenvalue weighted by Crippen LogP contribution is 2.48. The molecule has 3 heteroatoms. The molecule has 2 heterocycles. The Morgan fingerprint density at radius 2 is 1.08 bits per heavy atom. The van der Waals surface area contributed by atoms with E-state index in [1.165, 1.54) is 32.6 Å². The standard InChI is InChI=1S/C46H30N2O/c1-4-15-33(16-5-1)47(34-17-6-2-7-18-34)42-28-26-37(45-44-36-21-11-10-14-31(36)25-29-43(44)49-46(42)45)32-24-27-41-39(30-32)38-22-12-13-23-40(38)48(41)35-19-8-3-9-20-35/h1-30H. The topological polar surface area (TPSA) is 21.3 Å². The lowest BCUT2D eigenvalue weighted by Crippen LogP contribution is -2.10. The molecule has 0 saturated carbocycles. The van der Waals surface area contributed by atoms with Crippen LogP contribution < -0.4 is 4.90 Å². The molecule has 10 aromatic rings. The molecule has 0 unspecified atom stereocenters. The number of hydrogen-bond donors (Lipinski definition) is 0. The fourth-order valence-corrected chi connectivity index (χ4v) is 7.62. The van der Waals surface area contributed by atoms with Crippen molar-refractivity contribution in [2.24, 2.45) is 0 Å². The summed E-state index contributed by atoms with van der Waals surface area (Å²) in [5, 5.41) is 7.09. The summed E-state index contributed by atoms with van der Waals surface area (Å²) in [7, 11) is 0. The molecule has 0 saturated heterocycles. The molecular weight excluding hydrogens is 597 g/mol. The predicted octanol–water partition coefficient (Wildman–Crippen LogP) is 13.0. The van der Waals surface area contributed by atoms with E-state index in [1.54, 1.807) is 0 Å². The second-order valence-corrected chi connectivity index (χ2v) is 12.5. The third kappa shape index (κ3) is 4.29. The SMILES string of the molecule is c1ccc(N(c2ccccc2)c2ccc(-c3ccc4c(c3)c3ccccc3n4-c3ccccc3)c3c2oc2ccc4ccccc4c23)cc1. The first-order chi connectivity index (χ1) is 24.3. The maximum atomic E-state index is 6.95. The number of furan rings is 1. The van der Waals surface area contributed by atoms with Crippen LogP contribution in [0.5, 0.6) is 0 Å². The monoisotopic (exact) mass is 626 g/mol. The number of benzene rings is 8. The first-order valence-electron chi connectivity index (χ1n) is 16.7. The normalized spacial score (nSPS) is 11.7. The van der Waals surface area contributed by atoms with Crippen LogP contribution in [0.25, 0.3) is 71.3 Å². The molecule has 0 bridgehead atoms. The van der Waals surface area contributed by atoms with Crippen molar-refractivity contribution in [3.05, 3.63) is 182 Å². The number of nitrogens with zero attached hydrogens (tertiary/aromatic N) is 2. The van der Waals surface area contributed by atoms with E-state index in [2.05, 4.69) is 191 Å². The molecule has 0 atom stereocenters. The van der Waals surface area contributed by atoms with Crippen LogP contribution in [0.1, 0.15) is 0 Å². The second-order valence-electron chi connectivity index (χ2n) is 12.5. The number of rotatable bonds is 5. The third-order valence-electron chi connectivity index (χ3n) is 9.76. The fourth-order valence-electron chi connectivity index (χ4n) is 7.62. The van der Waals surface area contributed by atoms with Gasteiger partial charge < -0.3 is 13.9 Å². The van der Waals surface area contributed by atoms with Gasteiger partial charge in [-0.05, 0) is 88.6 Å². The lowest BCUT2D eigenvalue weighted by Gasteiger charge is -2.26. The van der Waals surface area contributed by atoms with Gasteiger partial charge in [0.2, 0.25) is 0 Å². The Bertz CT molecular complexity index is 2770. The van der Waals surface area contributed by atoms with Gasteiger partial charge in [-0.2, -0.15) is 0 Å². The van der Waals surface area contributed by atoms with Gasteiger partial charge >= 0.3 is 0 Å². The Hall–Kier alpha value is -6.58. The first kappa shape index (κ1) is 27.5. The number of para-hydroxylation sites is 4. The van der Waals surface area contributed by atoms with E-state index >= 15 is 0 Å². The molecule has 2 aromatic heterocycles. The molecule has 10 rings (SSSR count). The number of hydrogen-bond acceptors (Lipinski definition) is 2. The first-order valence-corrected chi connectivity index (χ1v) is 16.7. The largest absolute Gasteiger partial charge is 0.454 e. The van der Waals surface area contributed by atoms with E-state index in [-0.39, 0.29) is 0 Å². The average Bonchev–Trinajstić information content (AvgIpc) is 3.73. The van der Waals surface area contributed by atoms with Gasteiger partial charge in [0.1, 0.15) is 5.58 Å². The Morgan fingerprint density at radius 3 is 1.84 bits per heavy atom. The maximum Gasteiger partial charge on any atom is 0.160 e. The molecule has 49 heavy (non-hydrogen) atoms. The van der Waals surface area contributed by atoms with Gasteiger partial charge in [-0.25, -0.2) is 0 Å². The molecule has 0 radical (unpaired) electrons. The zero-order chi connectivity index (χ0) is 32.3. The van der Waals surface area contributed by atoms with Gasteiger partial charge in [0, 0.05) is 38.6 Å². The molecule has 0 N–H and O–H groups in total. The summed E-state index contributed by atoms with van der Waals surface area (Å²) in [5.41, 5.74) is 10.7. The highest BCUT2D eigenvalue weighted by atomic mass is 16.3. The van der Waals surface area contributed by atoms with Crippen molar-refractivity contribution in [2.45, 2.75) is 0 Å². The maximum absolute atomic E-state index is 6.95. The van der Waals surface area contributed by atoms with Crippen LogP contribution in [-0.4, -0.2) is 4.57 Å². The molecule has 3 nitrogen and oxygen atoms in total. The van der Waals surface area contributed by atoms with Crippen molar-refractivity contribution in [1.29, 1.82) is 0 Å². The Labute approximate surface area is 283 Å². The van der Waals surface area contributed by atoms with Crippen LogP contribution in [0.4, 0.5) is 17.1 Å². The van der Waals surface area contributed by atoms with Crippen molar-refractivity contribution in [1.82, 2.24) is 4.57 Å².